The summed E-state index contributed by atoms with van der Waals surface area (Å²) in [4.78, 5) is 26.8. The molecule has 1 aromatic carbocycles. The van der Waals surface area contributed by atoms with Crippen LogP contribution in [0.15, 0.2) is 24.3 Å². The summed E-state index contributed by atoms with van der Waals surface area (Å²) in [6.07, 6.45) is 1.12. The highest BCUT2D eigenvalue weighted by atomic mass is 16.5. The molecule has 1 aromatic heterocycles. The number of hydrogen-bond donors (Lipinski definition) is 1. The lowest BCUT2D eigenvalue weighted by atomic mass is 9.89. The summed E-state index contributed by atoms with van der Waals surface area (Å²) in [6, 6.07) is 7.35. The van der Waals surface area contributed by atoms with Crippen molar-refractivity contribution in [3.63, 3.8) is 0 Å². The van der Waals surface area contributed by atoms with Crippen LogP contribution in [0.3, 0.4) is 0 Å². The lowest BCUT2D eigenvalue weighted by Gasteiger charge is -2.39. The number of carbonyl (C=O) groups excluding carboxylic acids is 2. The van der Waals surface area contributed by atoms with E-state index < -0.39 is 5.60 Å². The van der Waals surface area contributed by atoms with E-state index in [-0.39, 0.29) is 17.9 Å². The fraction of sp³-hybridized carbons (Fsp3) is 0.476. The number of benzene rings is 1. The molecule has 0 unspecified atom stereocenters. The fourth-order valence-electron chi connectivity index (χ4n) is 3.84. The highest BCUT2D eigenvalue weighted by Gasteiger charge is 2.36. The summed E-state index contributed by atoms with van der Waals surface area (Å²) in [5, 5.41) is 7.38. The van der Waals surface area contributed by atoms with Gasteiger partial charge >= 0.3 is 6.03 Å². The van der Waals surface area contributed by atoms with Gasteiger partial charge in [-0.05, 0) is 51.5 Å². The molecule has 2 amide bonds. The maximum absolute atomic E-state index is 12.5. The van der Waals surface area contributed by atoms with Crippen molar-refractivity contribution in [2.24, 2.45) is 0 Å². The molecule has 1 saturated heterocycles. The minimum Gasteiger partial charge on any atom is -0.486 e. The molecule has 28 heavy (non-hydrogen) atoms. The molecule has 1 atom stereocenters. The lowest BCUT2D eigenvalue weighted by Crippen LogP contribution is -2.52. The highest BCUT2D eigenvalue weighted by molar-refractivity contribution is 6.02. The number of fused-ring (bicyclic) bond motifs is 1. The van der Waals surface area contributed by atoms with E-state index in [0.29, 0.717) is 36.5 Å². The number of aromatic nitrogens is 2. The Balaban J connectivity index is 1.40. The van der Waals surface area contributed by atoms with Crippen LogP contribution in [0.2, 0.25) is 0 Å². The Morgan fingerprint density at radius 3 is 2.71 bits per heavy atom. The number of nitrogens with one attached hydrogen (secondary N) is 1. The zero-order valence-electron chi connectivity index (χ0n) is 16.8. The second-order valence-corrected chi connectivity index (χ2v) is 8.08. The number of amides is 2. The summed E-state index contributed by atoms with van der Waals surface area (Å²) < 4.78 is 7.99. The van der Waals surface area contributed by atoms with Gasteiger partial charge in [-0.2, -0.15) is 5.10 Å². The molecule has 0 spiro atoms. The summed E-state index contributed by atoms with van der Waals surface area (Å²) >= 11 is 0. The summed E-state index contributed by atoms with van der Waals surface area (Å²) in [5.74, 6) is 0.641. The number of ketones is 1. The molecule has 0 saturated carbocycles. The number of nitrogens with zero attached hydrogens (tertiary/aromatic N) is 3. The second kappa shape index (κ2) is 6.65. The van der Waals surface area contributed by atoms with Crippen molar-refractivity contribution in [3.05, 3.63) is 41.2 Å². The van der Waals surface area contributed by atoms with Crippen molar-refractivity contribution in [2.75, 3.05) is 18.4 Å². The molecule has 2 aliphatic heterocycles. The molecular formula is C21H26N4O3. The van der Waals surface area contributed by atoms with E-state index in [4.69, 9.17) is 4.74 Å². The normalized spacial score (nSPS) is 21.7. The topological polar surface area (TPSA) is 76.5 Å². The summed E-state index contributed by atoms with van der Waals surface area (Å²) in [6.45, 7) is 9.20. The Morgan fingerprint density at radius 1 is 1.32 bits per heavy atom. The predicted molar refractivity (Wildman–Crippen MR) is 106 cm³/mol. The van der Waals surface area contributed by atoms with Gasteiger partial charge in [0, 0.05) is 24.5 Å². The fourth-order valence-corrected chi connectivity index (χ4v) is 3.84. The van der Waals surface area contributed by atoms with E-state index in [1.807, 2.05) is 38.4 Å². The van der Waals surface area contributed by atoms with Crippen LogP contribution in [0, 0.1) is 13.8 Å². The molecule has 1 fully saturated rings. The zero-order valence-corrected chi connectivity index (χ0v) is 16.8. The number of Topliss-reactive ketones (excluding diaryl/α,β-unsaturated/α-hetero) is 1. The number of ether oxygens (including phenoxy) is 1. The number of rotatable bonds is 3. The van der Waals surface area contributed by atoms with Crippen molar-refractivity contribution in [1.29, 1.82) is 0 Å². The molecule has 3 heterocycles. The van der Waals surface area contributed by atoms with Crippen LogP contribution in [-0.2, 0) is 0 Å². The van der Waals surface area contributed by atoms with Crippen molar-refractivity contribution < 1.29 is 14.3 Å². The van der Waals surface area contributed by atoms with Crippen LogP contribution >= 0.6 is 0 Å². The monoisotopic (exact) mass is 382 g/mol. The zero-order chi connectivity index (χ0) is 20.1. The number of urea groups is 1. The number of carbonyl (C=O) groups is 2. The minimum absolute atomic E-state index is 0.0511. The maximum atomic E-state index is 12.5. The third-order valence-corrected chi connectivity index (χ3v) is 5.71. The van der Waals surface area contributed by atoms with Gasteiger partial charge in [-0.25, -0.2) is 4.79 Å². The quantitative estimate of drug-likeness (QED) is 0.878. The first-order valence-corrected chi connectivity index (χ1v) is 9.73. The number of hydrogen-bond acceptors (Lipinski definition) is 4. The van der Waals surface area contributed by atoms with E-state index in [1.165, 1.54) is 0 Å². The third-order valence-electron chi connectivity index (χ3n) is 5.71. The van der Waals surface area contributed by atoms with E-state index >= 15 is 0 Å². The van der Waals surface area contributed by atoms with E-state index in [9.17, 15) is 9.59 Å². The van der Waals surface area contributed by atoms with Gasteiger partial charge in [-0.15, -0.1) is 0 Å². The van der Waals surface area contributed by atoms with Crippen LogP contribution in [0.4, 0.5) is 10.5 Å². The van der Waals surface area contributed by atoms with Gasteiger partial charge in [0.15, 0.2) is 5.78 Å². The molecule has 4 rings (SSSR count). The van der Waals surface area contributed by atoms with E-state index in [2.05, 4.69) is 10.4 Å². The van der Waals surface area contributed by atoms with Crippen molar-refractivity contribution in [2.45, 2.75) is 52.2 Å². The molecule has 1 N–H and O–H groups in total. The van der Waals surface area contributed by atoms with Gasteiger partial charge < -0.3 is 15.0 Å². The molecule has 2 aliphatic rings. The average Bonchev–Trinajstić information content (AvgIpc) is 2.92. The average molecular weight is 382 g/mol. The van der Waals surface area contributed by atoms with Gasteiger partial charge in [0.05, 0.1) is 23.7 Å². The lowest BCUT2D eigenvalue weighted by molar-refractivity contribution is 0.0499. The van der Waals surface area contributed by atoms with Gasteiger partial charge in [-0.1, -0.05) is 6.92 Å². The Labute approximate surface area is 164 Å². The van der Waals surface area contributed by atoms with Crippen molar-refractivity contribution >= 4 is 17.5 Å². The Morgan fingerprint density at radius 2 is 2.07 bits per heavy atom. The van der Waals surface area contributed by atoms with Gasteiger partial charge in [-0.3, -0.25) is 9.48 Å². The van der Waals surface area contributed by atoms with Crippen molar-refractivity contribution in [1.82, 2.24) is 14.7 Å². The van der Waals surface area contributed by atoms with Crippen molar-refractivity contribution in [3.8, 4) is 5.75 Å². The van der Waals surface area contributed by atoms with Gasteiger partial charge in [0.1, 0.15) is 11.4 Å². The van der Waals surface area contributed by atoms with E-state index in [1.54, 1.807) is 23.1 Å². The number of aryl methyl sites for hydroxylation is 2. The first kappa shape index (κ1) is 18.5. The van der Waals surface area contributed by atoms with Crippen LogP contribution < -0.4 is 10.1 Å². The predicted octanol–water partition coefficient (Wildman–Crippen LogP) is 3.72. The molecular weight excluding hydrogens is 356 g/mol. The van der Waals surface area contributed by atoms with E-state index in [0.717, 1.165) is 17.8 Å². The molecule has 0 bridgehead atoms. The maximum Gasteiger partial charge on any atom is 0.321 e. The van der Waals surface area contributed by atoms with Crippen LogP contribution in [-0.4, -0.2) is 45.2 Å². The Bertz CT molecular complexity index is 945. The molecule has 7 heteroatoms. The summed E-state index contributed by atoms with van der Waals surface area (Å²) in [7, 11) is 0. The largest absolute Gasteiger partial charge is 0.486 e. The first-order valence-electron chi connectivity index (χ1n) is 9.73. The first-order chi connectivity index (χ1) is 13.3. The highest BCUT2D eigenvalue weighted by Crippen LogP contribution is 2.36. The van der Waals surface area contributed by atoms with Gasteiger partial charge in [0.2, 0.25) is 0 Å². The molecule has 148 valence electrons. The minimum atomic E-state index is -0.454. The van der Waals surface area contributed by atoms with Crippen LogP contribution in [0.1, 0.15) is 54.5 Å². The standard InChI is InChI=1S/C21H26N4O3/c1-5-21(4)10-18(26)17-9-15(6-7-19(17)28-21)22-20(27)24-11-16(12-24)25-14(3)8-13(2)23-25/h6-9,16H,5,10-12H2,1-4H3,(H,22,27)/t21-/m0/s1. The Hall–Kier alpha value is -2.83. The molecule has 7 nitrogen and oxygen atoms in total. The second-order valence-electron chi connectivity index (χ2n) is 8.08. The molecule has 2 aromatic rings. The number of anilines is 1. The summed E-state index contributed by atoms with van der Waals surface area (Å²) in [5.41, 5.74) is 2.78. The third kappa shape index (κ3) is 3.25. The van der Waals surface area contributed by atoms with Gasteiger partial charge in [0.25, 0.3) is 0 Å². The SMILES string of the molecule is CC[C@@]1(C)CC(=O)c2cc(NC(=O)N3CC(n4nc(C)cc4C)C3)ccc2O1. The molecule has 0 aliphatic carbocycles. The molecule has 0 radical (unpaired) electrons. The smallest absolute Gasteiger partial charge is 0.321 e. The van der Waals surface area contributed by atoms with Crippen LogP contribution in [0.25, 0.3) is 0 Å². The van der Waals surface area contributed by atoms with Crippen LogP contribution in [0.5, 0.6) is 5.75 Å². The Kier molecular flexibility index (Phi) is 4.40. The number of likely N-dealkylation sites (tertiary alicyclic amines) is 1.